The van der Waals surface area contributed by atoms with Gasteiger partial charge in [-0.2, -0.15) is 0 Å². The second-order valence-corrected chi connectivity index (χ2v) is 6.73. The lowest BCUT2D eigenvalue weighted by Crippen LogP contribution is -2.47. The number of amides is 1. The Morgan fingerprint density at radius 1 is 1.20 bits per heavy atom. The Morgan fingerprint density at radius 2 is 2.00 bits per heavy atom. The van der Waals surface area contributed by atoms with Crippen molar-refractivity contribution in [3.63, 3.8) is 0 Å². The topological polar surface area (TPSA) is 51.7 Å². The molecule has 5 heteroatoms. The lowest BCUT2D eigenvalue weighted by molar-refractivity contribution is 0.0505. The van der Waals surface area contributed by atoms with Gasteiger partial charge >= 0.3 is 0 Å². The number of aromatic nitrogens is 1. The van der Waals surface area contributed by atoms with Crippen LogP contribution in [-0.2, 0) is 0 Å². The highest BCUT2D eigenvalue weighted by atomic mass is 16.5. The summed E-state index contributed by atoms with van der Waals surface area (Å²) < 4.78 is 11.2. The van der Waals surface area contributed by atoms with Gasteiger partial charge in [0, 0.05) is 18.4 Å². The van der Waals surface area contributed by atoms with Gasteiger partial charge in [-0.1, -0.05) is 0 Å². The van der Waals surface area contributed by atoms with Crippen molar-refractivity contribution in [3.8, 4) is 11.5 Å². The molecule has 1 aliphatic carbocycles. The molecule has 1 saturated carbocycles. The van der Waals surface area contributed by atoms with Gasteiger partial charge in [0.05, 0.1) is 18.7 Å². The zero-order valence-corrected chi connectivity index (χ0v) is 14.3. The molecule has 2 aliphatic rings. The van der Waals surface area contributed by atoms with E-state index in [0.717, 1.165) is 24.3 Å². The number of carbonyl (C=O) groups excluding carboxylic acids is 1. The van der Waals surface area contributed by atoms with Crippen molar-refractivity contribution in [2.24, 2.45) is 5.92 Å². The van der Waals surface area contributed by atoms with Crippen LogP contribution >= 0.6 is 0 Å². The summed E-state index contributed by atoms with van der Waals surface area (Å²) in [4.78, 5) is 19.1. The second-order valence-electron chi connectivity index (χ2n) is 6.73. The van der Waals surface area contributed by atoms with Crippen LogP contribution in [0.25, 0.3) is 0 Å². The Hall–Kier alpha value is -2.56. The molecule has 2 bridgehead atoms. The molecule has 1 aromatic heterocycles. The zero-order valence-electron chi connectivity index (χ0n) is 14.3. The first-order chi connectivity index (χ1) is 12.3. The van der Waals surface area contributed by atoms with Crippen molar-refractivity contribution in [3.05, 3.63) is 54.4 Å². The van der Waals surface area contributed by atoms with Crippen LogP contribution in [0.2, 0.25) is 0 Å². The number of hydrogen-bond acceptors (Lipinski definition) is 4. The number of carbonyl (C=O) groups is 1. The SMILES string of the molecule is COc1ccc(OC[C@@H]2[C@H]3CC[C@@H](C3)N2C(=O)c2cccnc2)cc1. The maximum absolute atomic E-state index is 13.0. The zero-order chi connectivity index (χ0) is 17.2. The Bertz CT molecular complexity index is 732. The van der Waals surface area contributed by atoms with E-state index in [1.165, 1.54) is 6.42 Å². The standard InChI is InChI=1S/C20H22N2O3/c1-24-17-6-8-18(9-7-17)25-13-19-14-4-5-16(11-14)22(19)20(23)15-3-2-10-21-12-15/h2-3,6-10,12,14,16,19H,4-5,11,13H2,1H3/t14-,16-,19+/m0/s1. The van der Waals surface area contributed by atoms with Crippen molar-refractivity contribution in [2.75, 3.05) is 13.7 Å². The quantitative estimate of drug-likeness (QED) is 0.840. The summed E-state index contributed by atoms with van der Waals surface area (Å²) in [5.74, 6) is 2.21. The molecule has 0 N–H and O–H groups in total. The summed E-state index contributed by atoms with van der Waals surface area (Å²) >= 11 is 0. The number of benzene rings is 1. The number of piperidine rings is 1. The number of methoxy groups -OCH3 is 1. The van der Waals surface area contributed by atoms with Crippen LogP contribution in [0.1, 0.15) is 29.6 Å². The molecule has 0 radical (unpaired) electrons. The minimum Gasteiger partial charge on any atom is -0.497 e. The van der Waals surface area contributed by atoms with Gasteiger partial charge in [0.15, 0.2) is 0 Å². The summed E-state index contributed by atoms with van der Waals surface area (Å²) in [6.07, 6.45) is 6.70. The van der Waals surface area contributed by atoms with E-state index in [0.29, 0.717) is 24.1 Å². The van der Waals surface area contributed by atoms with Crippen molar-refractivity contribution >= 4 is 5.91 Å². The monoisotopic (exact) mass is 338 g/mol. The Labute approximate surface area is 147 Å². The summed E-state index contributed by atoms with van der Waals surface area (Å²) in [5, 5.41) is 0. The van der Waals surface area contributed by atoms with Crippen molar-refractivity contribution < 1.29 is 14.3 Å². The van der Waals surface area contributed by atoms with Gasteiger partial charge in [-0.25, -0.2) is 0 Å². The van der Waals surface area contributed by atoms with Crippen LogP contribution in [0.3, 0.4) is 0 Å². The largest absolute Gasteiger partial charge is 0.497 e. The molecular formula is C20H22N2O3. The molecule has 1 saturated heterocycles. The van der Waals surface area contributed by atoms with Crippen LogP contribution in [0, 0.1) is 5.92 Å². The first-order valence-corrected chi connectivity index (χ1v) is 8.76. The molecule has 2 heterocycles. The number of likely N-dealkylation sites (tertiary alicyclic amines) is 1. The molecule has 3 atom stereocenters. The molecule has 4 rings (SSSR count). The maximum Gasteiger partial charge on any atom is 0.256 e. The highest BCUT2D eigenvalue weighted by Gasteiger charge is 2.48. The lowest BCUT2D eigenvalue weighted by Gasteiger charge is -2.35. The Morgan fingerprint density at radius 3 is 2.72 bits per heavy atom. The number of pyridine rings is 1. The Balaban J connectivity index is 1.48. The fraction of sp³-hybridized carbons (Fsp3) is 0.400. The molecule has 2 fully saturated rings. The molecule has 0 spiro atoms. The summed E-state index contributed by atoms with van der Waals surface area (Å²) in [6.45, 7) is 0.527. The molecule has 1 amide bonds. The Kier molecular flexibility index (Phi) is 4.30. The van der Waals surface area contributed by atoms with Gasteiger partial charge in [-0.15, -0.1) is 0 Å². The van der Waals surface area contributed by atoms with E-state index >= 15 is 0 Å². The van der Waals surface area contributed by atoms with Gasteiger partial charge in [-0.05, 0) is 61.6 Å². The maximum atomic E-state index is 13.0. The van der Waals surface area contributed by atoms with Crippen LogP contribution in [0.5, 0.6) is 11.5 Å². The van der Waals surface area contributed by atoms with Crippen LogP contribution < -0.4 is 9.47 Å². The van der Waals surface area contributed by atoms with Gasteiger partial charge in [-0.3, -0.25) is 9.78 Å². The van der Waals surface area contributed by atoms with Gasteiger partial charge < -0.3 is 14.4 Å². The number of rotatable bonds is 5. The van der Waals surface area contributed by atoms with E-state index in [9.17, 15) is 4.79 Å². The molecule has 25 heavy (non-hydrogen) atoms. The van der Waals surface area contributed by atoms with E-state index in [-0.39, 0.29) is 11.9 Å². The smallest absolute Gasteiger partial charge is 0.256 e. The summed E-state index contributed by atoms with van der Waals surface area (Å²) in [7, 11) is 1.65. The predicted molar refractivity (Wildman–Crippen MR) is 93.8 cm³/mol. The molecule has 130 valence electrons. The average molecular weight is 338 g/mol. The lowest BCUT2D eigenvalue weighted by atomic mass is 9.99. The average Bonchev–Trinajstić information content (AvgIpc) is 3.28. The first kappa shape index (κ1) is 15.9. The van der Waals surface area contributed by atoms with E-state index in [4.69, 9.17) is 9.47 Å². The molecule has 1 aromatic carbocycles. The van der Waals surface area contributed by atoms with Gasteiger partial charge in [0.2, 0.25) is 0 Å². The number of ether oxygens (including phenoxy) is 2. The summed E-state index contributed by atoms with van der Waals surface area (Å²) in [5.41, 5.74) is 0.657. The number of fused-ring (bicyclic) bond motifs is 2. The minimum atomic E-state index is 0.0728. The third-order valence-electron chi connectivity index (χ3n) is 5.36. The van der Waals surface area contributed by atoms with E-state index in [1.54, 1.807) is 19.5 Å². The molecule has 2 aromatic rings. The van der Waals surface area contributed by atoms with Crippen molar-refractivity contribution in [1.82, 2.24) is 9.88 Å². The molecular weight excluding hydrogens is 316 g/mol. The summed E-state index contributed by atoms with van der Waals surface area (Å²) in [6, 6.07) is 11.7. The van der Waals surface area contributed by atoms with Crippen LogP contribution in [0.15, 0.2) is 48.8 Å². The van der Waals surface area contributed by atoms with Gasteiger partial charge in [0.25, 0.3) is 5.91 Å². The highest BCUT2D eigenvalue weighted by Crippen LogP contribution is 2.43. The fourth-order valence-corrected chi connectivity index (χ4v) is 4.12. The second kappa shape index (κ2) is 6.75. The highest BCUT2D eigenvalue weighted by molar-refractivity contribution is 5.94. The van der Waals surface area contributed by atoms with E-state index in [2.05, 4.69) is 4.98 Å². The molecule has 0 unspecified atom stereocenters. The van der Waals surface area contributed by atoms with Crippen molar-refractivity contribution in [2.45, 2.75) is 31.3 Å². The van der Waals surface area contributed by atoms with Crippen LogP contribution in [-0.4, -0.2) is 41.6 Å². The third kappa shape index (κ3) is 3.06. The predicted octanol–water partition coefficient (Wildman–Crippen LogP) is 3.16. The van der Waals surface area contributed by atoms with E-state index in [1.807, 2.05) is 41.3 Å². The first-order valence-electron chi connectivity index (χ1n) is 8.76. The van der Waals surface area contributed by atoms with Crippen molar-refractivity contribution in [1.29, 1.82) is 0 Å². The molecule has 1 aliphatic heterocycles. The third-order valence-corrected chi connectivity index (χ3v) is 5.36. The fourth-order valence-electron chi connectivity index (χ4n) is 4.12. The minimum absolute atomic E-state index is 0.0728. The van der Waals surface area contributed by atoms with Gasteiger partial charge in [0.1, 0.15) is 18.1 Å². The normalized spacial score (nSPS) is 24.4. The number of nitrogens with zero attached hydrogens (tertiary/aromatic N) is 2. The molecule has 5 nitrogen and oxygen atoms in total. The van der Waals surface area contributed by atoms with Crippen LogP contribution in [0.4, 0.5) is 0 Å². The number of hydrogen-bond donors (Lipinski definition) is 0. The van der Waals surface area contributed by atoms with E-state index < -0.39 is 0 Å².